The molecule has 1 saturated heterocycles. The summed E-state index contributed by atoms with van der Waals surface area (Å²) < 4.78 is 43.9. The summed E-state index contributed by atoms with van der Waals surface area (Å²) >= 11 is 0. The van der Waals surface area contributed by atoms with Crippen LogP contribution >= 0.6 is 0 Å². The molecule has 2 N–H and O–H groups in total. The van der Waals surface area contributed by atoms with Crippen LogP contribution in [-0.4, -0.2) is 51.5 Å². The number of methoxy groups -OCH3 is 2. The minimum atomic E-state index is -4.09. The highest BCUT2D eigenvalue weighted by molar-refractivity contribution is 7.89. The van der Waals surface area contributed by atoms with E-state index in [0.717, 1.165) is 4.31 Å². The van der Waals surface area contributed by atoms with Gasteiger partial charge < -0.3 is 19.9 Å². The Labute approximate surface area is 163 Å². The summed E-state index contributed by atoms with van der Waals surface area (Å²) in [7, 11) is -1.28. The van der Waals surface area contributed by atoms with Gasteiger partial charge in [-0.3, -0.25) is 4.79 Å². The Kier molecular flexibility index (Phi) is 5.76. The fourth-order valence-corrected chi connectivity index (χ4v) is 4.99. The van der Waals surface area contributed by atoms with Crippen LogP contribution in [0.3, 0.4) is 0 Å². The van der Waals surface area contributed by atoms with E-state index in [1.54, 1.807) is 18.2 Å². The number of ether oxygens (including phenoxy) is 3. The second kappa shape index (κ2) is 8.07. The number of primary amides is 1. The van der Waals surface area contributed by atoms with Gasteiger partial charge in [0.05, 0.1) is 20.8 Å². The van der Waals surface area contributed by atoms with Crippen molar-refractivity contribution in [2.24, 2.45) is 5.73 Å². The number of para-hydroxylation sites is 1. The first-order valence-corrected chi connectivity index (χ1v) is 10.1. The van der Waals surface area contributed by atoms with Gasteiger partial charge in [-0.25, -0.2) is 8.42 Å². The molecule has 2 atom stereocenters. The molecule has 0 aliphatic carbocycles. The lowest BCUT2D eigenvalue weighted by Crippen LogP contribution is -2.43. The predicted molar refractivity (Wildman–Crippen MR) is 102 cm³/mol. The van der Waals surface area contributed by atoms with Gasteiger partial charge in [-0.05, 0) is 24.3 Å². The lowest BCUT2D eigenvalue weighted by Gasteiger charge is -2.22. The third kappa shape index (κ3) is 3.90. The molecule has 0 bridgehead atoms. The lowest BCUT2D eigenvalue weighted by atomic mass is 10.2. The molecule has 1 heterocycles. The number of carbonyl (C=O) groups excluding carboxylic acids is 1. The number of nitrogens with zero attached hydrogens (tertiary/aromatic N) is 1. The standard InChI is InChI=1S/C19H22N2O6S/c1-25-14-8-9-17(26-2)18(11-14)28(23,24)21-12-15(10-16(21)19(20)22)27-13-6-4-3-5-7-13/h3-9,11,15-16H,10,12H2,1-2H3,(H2,20,22)/t15-,16-/m0/s1. The Morgan fingerprint density at radius 3 is 2.39 bits per heavy atom. The monoisotopic (exact) mass is 406 g/mol. The smallest absolute Gasteiger partial charge is 0.247 e. The summed E-state index contributed by atoms with van der Waals surface area (Å²) in [5.74, 6) is 0.362. The van der Waals surface area contributed by atoms with Gasteiger partial charge >= 0.3 is 0 Å². The molecule has 2 aromatic carbocycles. The summed E-state index contributed by atoms with van der Waals surface area (Å²) in [5.41, 5.74) is 5.49. The molecule has 0 unspecified atom stereocenters. The second-order valence-electron chi connectivity index (χ2n) is 6.30. The van der Waals surface area contributed by atoms with E-state index in [0.29, 0.717) is 11.5 Å². The third-order valence-electron chi connectivity index (χ3n) is 4.55. The van der Waals surface area contributed by atoms with Crippen molar-refractivity contribution in [3.63, 3.8) is 0 Å². The Hall–Kier alpha value is -2.78. The summed E-state index contributed by atoms with van der Waals surface area (Å²) in [6.07, 6.45) is -0.346. The van der Waals surface area contributed by atoms with Gasteiger partial charge in [-0.1, -0.05) is 18.2 Å². The maximum absolute atomic E-state index is 13.3. The zero-order valence-electron chi connectivity index (χ0n) is 15.6. The van der Waals surface area contributed by atoms with Gasteiger partial charge in [0.2, 0.25) is 15.9 Å². The summed E-state index contributed by atoms with van der Waals surface area (Å²) in [4.78, 5) is 11.9. The molecule has 0 spiro atoms. The van der Waals surface area contributed by atoms with Gasteiger partial charge in [-0.2, -0.15) is 4.31 Å². The highest BCUT2D eigenvalue weighted by atomic mass is 32.2. The van der Waals surface area contributed by atoms with Crippen LogP contribution in [0.15, 0.2) is 53.4 Å². The zero-order chi connectivity index (χ0) is 20.3. The zero-order valence-corrected chi connectivity index (χ0v) is 16.4. The number of hydrogen-bond acceptors (Lipinski definition) is 6. The van der Waals surface area contributed by atoms with Crippen molar-refractivity contribution in [1.82, 2.24) is 4.31 Å². The normalized spacial score (nSPS) is 19.9. The van der Waals surface area contributed by atoms with E-state index in [9.17, 15) is 13.2 Å². The van der Waals surface area contributed by atoms with Crippen LogP contribution in [0, 0.1) is 0 Å². The first-order valence-electron chi connectivity index (χ1n) is 8.61. The second-order valence-corrected chi connectivity index (χ2v) is 8.16. The van der Waals surface area contributed by atoms with E-state index >= 15 is 0 Å². The van der Waals surface area contributed by atoms with E-state index in [4.69, 9.17) is 19.9 Å². The van der Waals surface area contributed by atoms with Crippen LogP contribution in [0.2, 0.25) is 0 Å². The molecule has 0 radical (unpaired) electrons. The molecule has 0 saturated carbocycles. The van der Waals surface area contributed by atoms with Crippen molar-refractivity contribution < 1.29 is 27.4 Å². The fourth-order valence-electron chi connectivity index (χ4n) is 3.18. The van der Waals surface area contributed by atoms with Crippen molar-refractivity contribution in [2.75, 3.05) is 20.8 Å². The summed E-state index contributed by atoms with van der Waals surface area (Å²) in [6, 6.07) is 12.4. The first-order chi connectivity index (χ1) is 13.4. The first kappa shape index (κ1) is 20.0. The van der Waals surface area contributed by atoms with E-state index in [-0.39, 0.29) is 23.6 Å². The van der Waals surface area contributed by atoms with Gasteiger partial charge in [0.1, 0.15) is 34.3 Å². The number of hydrogen-bond donors (Lipinski definition) is 1. The topological polar surface area (TPSA) is 108 Å². The molecule has 9 heteroatoms. The minimum Gasteiger partial charge on any atom is -0.497 e. The van der Waals surface area contributed by atoms with Crippen LogP contribution < -0.4 is 19.9 Å². The largest absolute Gasteiger partial charge is 0.497 e. The van der Waals surface area contributed by atoms with Crippen molar-refractivity contribution >= 4 is 15.9 Å². The minimum absolute atomic E-state index is 0.00873. The van der Waals surface area contributed by atoms with Gasteiger partial charge in [0.25, 0.3) is 0 Å². The fraction of sp³-hybridized carbons (Fsp3) is 0.316. The van der Waals surface area contributed by atoms with Gasteiger partial charge in [-0.15, -0.1) is 0 Å². The Morgan fingerprint density at radius 2 is 1.79 bits per heavy atom. The highest BCUT2D eigenvalue weighted by Crippen LogP contribution is 2.35. The van der Waals surface area contributed by atoms with Crippen LogP contribution in [0.5, 0.6) is 17.2 Å². The number of carbonyl (C=O) groups is 1. The molecule has 0 aromatic heterocycles. The Balaban J connectivity index is 1.94. The number of rotatable bonds is 7. The number of amides is 1. The maximum Gasteiger partial charge on any atom is 0.247 e. The molecule has 1 aliphatic heterocycles. The van der Waals surface area contributed by atoms with Crippen LogP contribution in [0.4, 0.5) is 0 Å². The van der Waals surface area contributed by atoms with Crippen LogP contribution in [0.25, 0.3) is 0 Å². The molecule has 150 valence electrons. The Bertz CT molecular complexity index is 948. The number of nitrogens with two attached hydrogens (primary N) is 1. The molecular formula is C19H22N2O6S. The van der Waals surface area contributed by atoms with E-state index in [1.807, 2.05) is 18.2 Å². The molecule has 28 heavy (non-hydrogen) atoms. The molecule has 1 amide bonds. The third-order valence-corrected chi connectivity index (χ3v) is 6.45. The van der Waals surface area contributed by atoms with E-state index in [1.165, 1.54) is 26.4 Å². The average molecular weight is 406 g/mol. The van der Waals surface area contributed by atoms with Crippen molar-refractivity contribution in [3.05, 3.63) is 48.5 Å². The van der Waals surface area contributed by atoms with Gasteiger partial charge in [0.15, 0.2) is 0 Å². The molecule has 3 rings (SSSR count). The van der Waals surface area contributed by atoms with E-state index in [2.05, 4.69) is 0 Å². The van der Waals surface area contributed by atoms with Crippen molar-refractivity contribution in [1.29, 1.82) is 0 Å². The van der Waals surface area contributed by atoms with Gasteiger partial charge in [0, 0.05) is 12.5 Å². The molecule has 1 fully saturated rings. The molecular weight excluding hydrogens is 384 g/mol. The van der Waals surface area contributed by atoms with Crippen molar-refractivity contribution in [2.45, 2.75) is 23.5 Å². The summed E-state index contributed by atoms with van der Waals surface area (Å²) in [6.45, 7) is -0.00873. The van der Waals surface area contributed by atoms with Crippen LogP contribution in [-0.2, 0) is 14.8 Å². The van der Waals surface area contributed by atoms with E-state index < -0.39 is 28.1 Å². The maximum atomic E-state index is 13.3. The van der Waals surface area contributed by atoms with Crippen molar-refractivity contribution in [3.8, 4) is 17.2 Å². The molecule has 2 aromatic rings. The van der Waals surface area contributed by atoms with Crippen LogP contribution in [0.1, 0.15) is 6.42 Å². The number of benzene rings is 2. The number of sulfonamides is 1. The average Bonchev–Trinajstić information content (AvgIpc) is 3.13. The Morgan fingerprint density at radius 1 is 1.07 bits per heavy atom. The predicted octanol–water partition coefficient (Wildman–Crippen LogP) is 1.40. The highest BCUT2D eigenvalue weighted by Gasteiger charge is 2.45. The SMILES string of the molecule is COc1ccc(OC)c(S(=O)(=O)N2C[C@@H](Oc3ccccc3)C[C@H]2C(N)=O)c1. The molecule has 8 nitrogen and oxygen atoms in total. The lowest BCUT2D eigenvalue weighted by molar-refractivity contribution is -0.121. The molecule has 1 aliphatic rings. The quantitative estimate of drug-likeness (QED) is 0.745. The summed E-state index contributed by atoms with van der Waals surface area (Å²) in [5, 5.41) is 0.